The Balaban J connectivity index is 2.16. The van der Waals surface area contributed by atoms with E-state index >= 15 is 0 Å². The highest BCUT2D eigenvalue weighted by atomic mass is 32.1. The monoisotopic (exact) mass is 355 g/mol. The van der Waals surface area contributed by atoms with Gasteiger partial charge in [0.2, 0.25) is 0 Å². The summed E-state index contributed by atoms with van der Waals surface area (Å²) in [5.74, 6) is 1.45. The topological polar surface area (TPSA) is 77.5 Å². The number of carbonyl (C=O) groups excluding carboxylic acids is 1. The van der Waals surface area contributed by atoms with E-state index in [2.05, 4.69) is 10.9 Å². The molecule has 2 aromatic carbocycles. The quantitative estimate of drug-likeness (QED) is 0.411. The maximum atomic E-state index is 13.0. The molecule has 0 radical (unpaired) electrons. The van der Waals surface area contributed by atoms with Gasteiger partial charge in [0, 0.05) is 17.7 Å². The van der Waals surface area contributed by atoms with Crippen molar-refractivity contribution in [1.82, 2.24) is 4.57 Å². The van der Waals surface area contributed by atoms with Gasteiger partial charge in [0.1, 0.15) is 5.82 Å². The summed E-state index contributed by atoms with van der Waals surface area (Å²) in [6.45, 7) is 0.108. The third-order valence-electron chi connectivity index (χ3n) is 3.41. The molecule has 1 heterocycles. The summed E-state index contributed by atoms with van der Waals surface area (Å²) in [5.41, 5.74) is 0.687. The van der Waals surface area contributed by atoms with Gasteiger partial charge in [-0.05, 0) is 30.3 Å². The maximum Gasteiger partial charge on any atom is 0.279 e. The van der Waals surface area contributed by atoms with E-state index in [1.807, 2.05) is 0 Å². The van der Waals surface area contributed by atoms with Crippen molar-refractivity contribution < 1.29 is 14.1 Å². The number of carbonyl (C=O) groups is 1. The van der Waals surface area contributed by atoms with Crippen LogP contribution in [0.3, 0.4) is 0 Å². The van der Waals surface area contributed by atoms with Gasteiger partial charge in [-0.3, -0.25) is 14.9 Å². The Morgan fingerprint density at radius 2 is 2.04 bits per heavy atom. The predicted molar refractivity (Wildman–Crippen MR) is 91.6 cm³/mol. The molecule has 25 heavy (non-hydrogen) atoms. The van der Waals surface area contributed by atoms with Crippen LogP contribution in [-0.4, -0.2) is 15.4 Å². The van der Waals surface area contributed by atoms with E-state index in [-0.39, 0.29) is 17.8 Å². The SMILES string of the molecule is C#CCn1c(=NC(=O)c2ccc(F)cc2)sc2ccc([N+](=O)[O-])cc21. The van der Waals surface area contributed by atoms with Gasteiger partial charge in [-0.15, -0.1) is 6.42 Å². The number of amides is 1. The number of hydrogen-bond acceptors (Lipinski definition) is 4. The van der Waals surface area contributed by atoms with Crippen LogP contribution < -0.4 is 4.80 Å². The van der Waals surface area contributed by atoms with Crippen molar-refractivity contribution in [2.24, 2.45) is 4.99 Å². The highest BCUT2D eigenvalue weighted by Crippen LogP contribution is 2.23. The zero-order valence-corrected chi connectivity index (χ0v) is 13.5. The maximum absolute atomic E-state index is 13.0. The van der Waals surface area contributed by atoms with Crippen LogP contribution in [0.2, 0.25) is 0 Å². The third kappa shape index (κ3) is 3.32. The van der Waals surface area contributed by atoms with Gasteiger partial charge in [0.15, 0.2) is 4.80 Å². The molecular formula is C17H10FN3O3S. The summed E-state index contributed by atoms with van der Waals surface area (Å²) in [6.07, 6.45) is 5.37. The van der Waals surface area contributed by atoms with Gasteiger partial charge in [-0.2, -0.15) is 4.99 Å². The van der Waals surface area contributed by atoms with Gasteiger partial charge >= 0.3 is 0 Å². The molecule has 0 N–H and O–H groups in total. The van der Waals surface area contributed by atoms with E-state index in [1.54, 1.807) is 10.6 Å². The van der Waals surface area contributed by atoms with Gasteiger partial charge in [0.05, 0.1) is 21.7 Å². The Bertz CT molecular complexity index is 1090. The van der Waals surface area contributed by atoms with Crippen LogP contribution >= 0.6 is 11.3 Å². The summed E-state index contributed by atoms with van der Waals surface area (Å²) in [4.78, 5) is 27.1. The average Bonchev–Trinajstić information content (AvgIpc) is 2.92. The van der Waals surface area contributed by atoms with Crippen molar-refractivity contribution in [1.29, 1.82) is 0 Å². The molecule has 6 nitrogen and oxygen atoms in total. The number of halogens is 1. The summed E-state index contributed by atoms with van der Waals surface area (Å²) >= 11 is 1.19. The Labute approximate surface area is 145 Å². The van der Waals surface area contributed by atoms with Crippen molar-refractivity contribution >= 4 is 33.1 Å². The largest absolute Gasteiger partial charge is 0.304 e. The fourth-order valence-corrected chi connectivity index (χ4v) is 3.25. The van der Waals surface area contributed by atoms with E-state index in [0.29, 0.717) is 15.0 Å². The first-order chi connectivity index (χ1) is 12.0. The highest BCUT2D eigenvalue weighted by molar-refractivity contribution is 7.16. The van der Waals surface area contributed by atoms with Crippen molar-refractivity contribution in [2.75, 3.05) is 0 Å². The van der Waals surface area contributed by atoms with Crippen molar-refractivity contribution in [2.45, 2.75) is 6.54 Å². The molecule has 3 rings (SSSR count). The molecule has 3 aromatic rings. The summed E-state index contributed by atoms with van der Waals surface area (Å²) in [5, 5.41) is 11.0. The fraction of sp³-hybridized carbons (Fsp3) is 0.0588. The second-order valence-corrected chi connectivity index (χ2v) is 6.02. The summed E-state index contributed by atoms with van der Waals surface area (Å²) in [7, 11) is 0. The molecule has 0 fully saturated rings. The molecule has 8 heteroatoms. The molecule has 0 spiro atoms. The van der Waals surface area contributed by atoms with Gasteiger partial charge in [-0.1, -0.05) is 17.3 Å². The molecule has 0 saturated carbocycles. The number of nitrogens with zero attached hydrogens (tertiary/aromatic N) is 3. The molecule has 0 aliphatic heterocycles. The van der Waals surface area contributed by atoms with Crippen LogP contribution in [-0.2, 0) is 6.54 Å². The standard InChI is InChI=1S/C17H10FN3O3S/c1-2-9-20-14-10-13(21(23)24)7-8-15(14)25-17(20)19-16(22)11-3-5-12(18)6-4-11/h1,3-8,10H,9H2. The second kappa shape index (κ2) is 6.67. The van der Waals surface area contributed by atoms with Crippen LogP contribution in [0.25, 0.3) is 10.2 Å². The number of benzene rings is 2. The number of thiazole rings is 1. The van der Waals surface area contributed by atoms with Crippen molar-refractivity contribution in [3.05, 3.63) is 68.8 Å². The van der Waals surface area contributed by atoms with E-state index < -0.39 is 16.6 Å². The van der Waals surface area contributed by atoms with Crippen molar-refractivity contribution in [3.63, 3.8) is 0 Å². The number of aromatic nitrogens is 1. The normalized spacial score (nSPS) is 11.4. The number of hydrogen-bond donors (Lipinski definition) is 0. The van der Waals surface area contributed by atoms with Crippen molar-refractivity contribution in [3.8, 4) is 12.3 Å². The smallest absolute Gasteiger partial charge is 0.279 e. The molecule has 1 amide bonds. The number of rotatable bonds is 3. The lowest BCUT2D eigenvalue weighted by Gasteiger charge is -2.00. The lowest BCUT2D eigenvalue weighted by Crippen LogP contribution is -2.16. The molecular weight excluding hydrogens is 345 g/mol. The van der Waals surface area contributed by atoms with Crippen LogP contribution in [0.15, 0.2) is 47.5 Å². The number of nitro benzene ring substituents is 1. The van der Waals surface area contributed by atoms with Crippen LogP contribution in [0.4, 0.5) is 10.1 Å². The molecule has 0 unspecified atom stereocenters. The zero-order valence-electron chi connectivity index (χ0n) is 12.7. The molecule has 0 atom stereocenters. The lowest BCUT2D eigenvalue weighted by atomic mass is 10.2. The minimum Gasteiger partial charge on any atom is -0.304 e. The Hall–Kier alpha value is -3.31. The minimum absolute atomic E-state index is 0.0764. The first-order valence-corrected chi connectivity index (χ1v) is 7.87. The molecule has 1 aromatic heterocycles. The van der Waals surface area contributed by atoms with Crippen LogP contribution in [0.1, 0.15) is 10.4 Å². The minimum atomic E-state index is -0.549. The fourth-order valence-electron chi connectivity index (χ4n) is 2.24. The van der Waals surface area contributed by atoms with Crippen LogP contribution in [0, 0.1) is 28.3 Å². The molecule has 0 saturated heterocycles. The lowest BCUT2D eigenvalue weighted by molar-refractivity contribution is -0.384. The number of non-ortho nitro benzene ring substituents is 1. The molecule has 0 bridgehead atoms. The number of fused-ring (bicyclic) bond motifs is 1. The summed E-state index contributed by atoms with van der Waals surface area (Å²) < 4.78 is 15.2. The molecule has 124 valence electrons. The highest BCUT2D eigenvalue weighted by Gasteiger charge is 2.13. The summed E-state index contributed by atoms with van der Waals surface area (Å²) in [6, 6.07) is 9.39. The molecule has 0 aliphatic carbocycles. The van der Waals surface area contributed by atoms with E-state index in [4.69, 9.17) is 6.42 Å². The third-order valence-corrected chi connectivity index (χ3v) is 4.47. The van der Waals surface area contributed by atoms with Gasteiger partial charge in [0.25, 0.3) is 11.6 Å². The first kappa shape index (κ1) is 16.5. The predicted octanol–water partition coefficient (Wildman–Crippen LogP) is 3.12. The second-order valence-electron chi connectivity index (χ2n) is 5.01. The van der Waals surface area contributed by atoms with Gasteiger partial charge in [-0.25, -0.2) is 4.39 Å². The number of terminal acetylenes is 1. The van der Waals surface area contributed by atoms with Crippen LogP contribution in [0.5, 0.6) is 0 Å². The van der Waals surface area contributed by atoms with Gasteiger partial charge < -0.3 is 4.57 Å². The number of nitro groups is 1. The average molecular weight is 355 g/mol. The Morgan fingerprint density at radius 1 is 1.32 bits per heavy atom. The van der Waals surface area contributed by atoms with E-state index in [9.17, 15) is 19.3 Å². The Morgan fingerprint density at radius 3 is 2.68 bits per heavy atom. The Kier molecular flexibility index (Phi) is 4.41. The molecule has 0 aliphatic rings. The first-order valence-electron chi connectivity index (χ1n) is 7.05. The van der Waals surface area contributed by atoms with E-state index in [0.717, 1.165) is 0 Å². The zero-order chi connectivity index (χ0) is 18.0. The van der Waals surface area contributed by atoms with E-state index in [1.165, 1.54) is 47.7 Å².